The van der Waals surface area contributed by atoms with Crippen LogP contribution in [0.3, 0.4) is 0 Å². The molecule has 0 saturated carbocycles. The van der Waals surface area contributed by atoms with Gasteiger partial charge >= 0.3 is 0 Å². The fourth-order valence-corrected chi connectivity index (χ4v) is 1.89. The smallest absolute Gasteiger partial charge is 0.287 e. The third-order valence-electron chi connectivity index (χ3n) is 3.11. The van der Waals surface area contributed by atoms with E-state index in [1.54, 1.807) is 31.3 Å². The predicted molar refractivity (Wildman–Crippen MR) is 83.9 cm³/mol. The van der Waals surface area contributed by atoms with Crippen LogP contribution in [0.15, 0.2) is 47.2 Å². The average Bonchev–Trinajstić information content (AvgIpc) is 3.27. The summed E-state index contributed by atoms with van der Waals surface area (Å²) in [6, 6.07) is 7.67. The molecular formula is C15H14N6O3. The van der Waals surface area contributed by atoms with Gasteiger partial charge in [0.1, 0.15) is 11.7 Å². The number of H-pyrrole nitrogens is 1. The summed E-state index contributed by atoms with van der Waals surface area (Å²) in [6.45, 7) is 1.54. The molecule has 0 radical (unpaired) electrons. The first-order valence-corrected chi connectivity index (χ1v) is 7.12. The number of rotatable bonds is 5. The van der Waals surface area contributed by atoms with Gasteiger partial charge in [-0.05, 0) is 31.2 Å². The number of carbonyl (C=O) groups excluding carboxylic acids is 2. The summed E-state index contributed by atoms with van der Waals surface area (Å²) >= 11 is 0. The van der Waals surface area contributed by atoms with E-state index in [2.05, 4.69) is 30.8 Å². The molecule has 122 valence electrons. The second-order valence-corrected chi connectivity index (χ2v) is 4.88. The van der Waals surface area contributed by atoms with E-state index in [1.807, 2.05) is 6.07 Å². The Labute approximate surface area is 136 Å². The minimum absolute atomic E-state index is 0.0970. The van der Waals surface area contributed by atoms with E-state index in [0.29, 0.717) is 11.5 Å². The van der Waals surface area contributed by atoms with Crippen molar-refractivity contribution in [3.63, 3.8) is 0 Å². The third kappa shape index (κ3) is 3.46. The number of aromatic amines is 1. The average molecular weight is 326 g/mol. The van der Waals surface area contributed by atoms with Gasteiger partial charge < -0.3 is 9.73 Å². The molecule has 3 N–H and O–H groups in total. The number of nitrogens with zero attached hydrogens (tertiary/aromatic N) is 3. The van der Waals surface area contributed by atoms with Crippen LogP contribution in [-0.4, -0.2) is 38.0 Å². The quantitative estimate of drug-likeness (QED) is 0.647. The first-order chi connectivity index (χ1) is 11.6. The monoisotopic (exact) mass is 326 g/mol. The predicted octanol–water partition coefficient (Wildman–Crippen LogP) is 1.22. The highest BCUT2D eigenvalue weighted by Gasteiger charge is 2.19. The zero-order valence-electron chi connectivity index (χ0n) is 12.7. The van der Waals surface area contributed by atoms with E-state index in [-0.39, 0.29) is 11.7 Å². The molecule has 0 aliphatic carbocycles. The highest BCUT2D eigenvalue weighted by Crippen LogP contribution is 2.12. The molecule has 0 fully saturated rings. The Morgan fingerprint density at radius 2 is 2.12 bits per heavy atom. The number of furan rings is 1. The molecule has 0 bridgehead atoms. The summed E-state index contributed by atoms with van der Waals surface area (Å²) < 4.78 is 4.97. The van der Waals surface area contributed by atoms with E-state index in [0.717, 1.165) is 0 Å². The third-order valence-corrected chi connectivity index (χ3v) is 3.11. The second-order valence-electron chi connectivity index (χ2n) is 4.88. The number of hydrogen-bond acceptors (Lipinski definition) is 6. The highest BCUT2D eigenvalue weighted by molar-refractivity contribution is 5.99. The molecule has 3 rings (SSSR count). The molecule has 0 aliphatic heterocycles. The summed E-state index contributed by atoms with van der Waals surface area (Å²) in [5.41, 5.74) is 0.602. The van der Waals surface area contributed by atoms with E-state index in [1.165, 1.54) is 12.3 Å². The Morgan fingerprint density at radius 3 is 2.83 bits per heavy atom. The van der Waals surface area contributed by atoms with Crippen LogP contribution < -0.4 is 10.6 Å². The normalized spacial score (nSPS) is 11.7. The number of anilines is 1. The number of amides is 2. The lowest BCUT2D eigenvalue weighted by molar-refractivity contribution is -0.117. The first-order valence-electron chi connectivity index (χ1n) is 7.12. The molecule has 0 unspecified atom stereocenters. The largest absolute Gasteiger partial charge is 0.459 e. The van der Waals surface area contributed by atoms with Crippen molar-refractivity contribution >= 4 is 17.8 Å². The Balaban J connectivity index is 1.60. The molecule has 9 nitrogen and oxygen atoms in total. The molecule has 2 amide bonds. The zero-order chi connectivity index (χ0) is 16.9. The first kappa shape index (κ1) is 15.4. The van der Waals surface area contributed by atoms with Gasteiger partial charge in [0.15, 0.2) is 11.6 Å². The van der Waals surface area contributed by atoms with Crippen molar-refractivity contribution in [3.8, 4) is 11.5 Å². The SMILES string of the molecule is C[C@@H](NC(=O)c1ccco1)C(=O)Nc1n[nH]c(-c2ccccn2)n1. The summed E-state index contributed by atoms with van der Waals surface area (Å²) in [6.07, 6.45) is 3.01. The lowest BCUT2D eigenvalue weighted by Gasteiger charge is -2.11. The van der Waals surface area contributed by atoms with Gasteiger partial charge in [-0.3, -0.25) is 25.0 Å². The molecule has 0 spiro atoms. The van der Waals surface area contributed by atoms with Crippen molar-refractivity contribution in [2.24, 2.45) is 0 Å². The number of aromatic nitrogens is 4. The number of hydrogen-bond donors (Lipinski definition) is 3. The zero-order valence-corrected chi connectivity index (χ0v) is 12.7. The van der Waals surface area contributed by atoms with Crippen molar-refractivity contribution in [1.82, 2.24) is 25.5 Å². The van der Waals surface area contributed by atoms with E-state index < -0.39 is 17.9 Å². The topological polar surface area (TPSA) is 126 Å². The van der Waals surface area contributed by atoms with Crippen LogP contribution in [0, 0.1) is 0 Å². The second kappa shape index (κ2) is 6.73. The Kier molecular flexibility index (Phi) is 4.32. The van der Waals surface area contributed by atoms with Gasteiger partial charge in [-0.15, -0.1) is 5.10 Å². The number of carbonyl (C=O) groups is 2. The lowest BCUT2D eigenvalue weighted by Crippen LogP contribution is -2.41. The fraction of sp³-hybridized carbons (Fsp3) is 0.133. The lowest BCUT2D eigenvalue weighted by atomic mass is 10.3. The summed E-state index contributed by atoms with van der Waals surface area (Å²) in [5.74, 6) is -0.281. The summed E-state index contributed by atoms with van der Waals surface area (Å²) in [7, 11) is 0. The molecule has 3 aromatic rings. The maximum absolute atomic E-state index is 12.1. The highest BCUT2D eigenvalue weighted by atomic mass is 16.3. The van der Waals surface area contributed by atoms with Crippen LogP contribution in [0.4, 0.5) is 5.95 Å². The van der Waals surface area contributed by atoms with Gasteiger partial charge in [0.25, 0.3) is 5.91 Å². The Hall–Kier alpha value is -3.49. The van der Waals surface area contributed by atoms with Gasteiger partial charge in [0.05, 0.1) is 6.26 Å². The van der Waals surface area contributed by atoms with Crippen LogP contribution in [0.5, 0.6) is 0 Å². The minimum atomic E-state index is -0.792. The van der Waals surface area contributed by atoms with Crippen LogP contribution in [-0.2, 0) is 4.79 Å². The van der Waals surface area contributed by atoms with Gasteiger partial charge in [-0.1, -0.05) is 6.07 Å². The molecule has 0 aliphatic rings. The van der Waals surface area contributed by atoms with Crippen molar-refractivity contribution in [3.05, 3.63) is 48.6 Å². The summed E-state index contributed by atoms with van der Waals surface area (Å²) in [4.78, 5) is 32.2. The molecule has 1 atom stereocenters. The van der Waals surface area contributed by atoms with Crippen molar-refractivity contribution < 1.29 is 14.0 Å². The van der Waals surface area contributed by atoms with Gasteiger partial charge in [-0.2, -0.15) is 4.98 Å². The van der Waals surface area contributed by atoms with Crippen LogP contribution in [0.25, 0.3) is 11.5 Å². The maximum Gasteiger partial charge on any atom is 0.287 e. The standard InChI is InChI=1S/C15H14N6O3/c1-9(17-14(23)11-6-4-8-24-11)13(22)19-15-18-12(20-21-15)10-5-2-3-7-16-10/h2-9H,1H3,(H,17,23)(H2,18,19,20,21,22)/t9-/m1/s1. The van der Waals surface area contributed by atoms with E-state index in [9.17, 15) is 9.59 Å². The Bertz CT molecular complexity index is 828. The van der Waals surface area contributed by atoms with Crippen molar-refractivity contribution in [2.45, 2.75) is 13.0 Å². The molecule has 24 heavy (non-hydrogen) atoms. The van der Waals surface area contributed by atoms with Crippen LogP contribution in [0.1, 0.15) is 17.5 Å². The molecule has 3 heterocycles. The van der Waals surface area contributed by atoms with Gasteiger partial charge in [0, 0.05) is 6.20 Å². The van der Waals surface area contributed by atoms with Gasteiger partial charge in [-0.25, -0.2) is 0 Å². The Morgan fingerprint density at radius 1 is 1.25 bits per heavy atom. The molecule has 0 aromatic carbocycles. The van der Waals surface area contributed by atoms with Gasteiger partial charge in [0.2, 0.25) is 11.9 Å². The summed E-state index contributed by atoms with van der Waals surface area (Å²) in [5, 5.41) is 11.6. The molecular weight excluding hydrogens is 312 g/mol. The molecule has 0 saturated heterocycles. The fourth-order valence-electron chi connectivity index (χ4n) is 1.89. The minimum Gasteiger partial charge on any atom is -0.459 e. The molecule has 9 heteroatoms. The van der Waals surface area contributed by atoms with E-state index >= 15 is 0 Å². The van der Waals surface area contributed by atoms with Crippen LogP contribution >= 0.6 is 0 Å². The number of nitrogens with one attached hydrogen (secondary N) is 3. The maximum atomic E-state index is 12.1. The van der Waals surface area contributed by atoms with Crippen LogP contribution in [0.2, 0.25) is 0 Å². The molecule has 3 aromatic heterocycles. The number of pyridine rings is 1. The van der Waals surface area contributed by atoms with E-state index in [4.69, 9.17) is 4.42 Å². The van der Waals surface area contributed by atoms with Crippen molar-refractivity contribution in [2.75, 3.05) is 5.32 Å². The van der Waals surface area contributed by atoms with Crippen molar-refractivity contribution in [1.29, 1.82) is 0 Å².